The summed E-state index contributed by atoms with van der Waals surface area (Å²) in [4.78, 5) is 10.9. The zero-order chi connectivity index (χ0) is 13.6. The molecule has 1 nitrogen and oxygen atoms in total. The highest BCUT2D eigenvalue weighted by Crippen LogP contribution is 2.39. The first-order valence-corrected chi connectivity index (χ1v) is 7.46. The minimum atomic E-state index is 0.687. The van der Waals surface area contributed by atoms with Gasteiger partial charge in [0.25, 0.3) is 0 Å². The smallest absolute Gasteiger partial charge is 0.150 e. The number of halogens is 2. The van der Waals surface area contributed by atoms with Crippen LogP contribution in [0.5, 0.6) is 0 Å². The van der Waals surface area contributed by atoms with Crippen molar-refractivity contribution in [2.24, 2.45) is 0 Å². The SMILES string of the molecule is Cc1ccc2c(Br)c3cc(C=O)ccc3c(Br)c2c1. The molecule has 0 aliphatic heterocycles. The summed E-state index contributed by atoms with van der Waals surface area (Å²) in [7, 11) is 0. The largest absolute Gasteiger partial charge is 0.298 e. The monoisotopic (exact) mass is 376 g/mol. The average molecular weight is 378 g/mol. The lowest BCUT2D eigenvalue weighted by atomic mass is 10.0. The van der Waals surface area contributed by atoms with E-state index in [0.717, 1.165) is 31.4 Å². The Hall–Kier alpha value is -1.19. The number of aryl methyl sites for hydroxylation is 1. The van der Waals surface area contributed by atoms with E-state index in [2.05, 4.69) is 57.0 Å². The molecule has 3 heteroatoms. The molecule has 0 unspecified atom stereocenters. The summed E-state index contributed by atoms with van der Waals surface area (Å²) >= 11 is 7.36. The van der Waals surface area contributed by atoms with Gasteiger partial charge >= 0.3 is 0 Å². The molecule has 3 aromatic rings. The van der Waals surface area contributed by atoms with E-state index in [0.29, 0.717) is 5.56 Å². The van der Waals surface area contributed by atoms with Gasteiger partial charge in [-0.2, -0.15) is 0 Å². The second kappa shape index (κ2) is 4.73. The molecule has 0 aliphatic rings. The van der Waals surface area contributed by atoms with E-state index in [-0.39, 0.29) is 0 Å². The van der Waals surface area contributed by atoms with Crippen LogP contribution in [0.3, 0.4) is 0 Å². The molecule has 0 heterocycles. The summed E-state index contributed by atoms with van der Waals surface area (Å²) in [6.45, 7) is 2.08. The molecule has 0 aliphatic carbocycles. The summed E-state index contributed by atoms with van der Waals surface area (Å²) in [6.07, 6.45) is 0.874. The van der Waals surface area contributed by atoms with Gasteiger partial charge in [0, 0.05) is 14.5 Å². The highest BCUT2D eigenvalue weighted by molar-refractivity contribution is 9.11. The van der Waals surface area contributed by atoms with E-state index in [1.807, 2.05) is 18.2 Å². The van der Waals surface area contributed by atoms with Crippen LogP contribution >= 0.6 is 31.9 Å². The fourth-order valence-corrected chi connectivity index (χ4v) is 3.68. The minimum absolute atomic E-state index is 0.687. The normalized spacial score (nSPS) is 11.1. The third kappa shape index (κ3) is 2.01. The van der Waals surface area contributed by atoms with Crippen molar-refractivity contribution in [3.05, 3.63) is 56.5 Å². The van der Waals surface area contributed by atoms with Crippen LogP contribution in [0.4, 0.5) is 0 Å². The molecule has 19 heavy (non-hydrogen) atoms. The van der Waals surface area contributed by atoms with E-state index >= 15 is 0 Å². The van der Waals surface area contributed by atoms with E-state index < -0.39 is 0 Å². The highest BCUT2D eigenvalue weighted by atomic mass is 79.9. The first-order chi connectivity index (χ1) is 9.11. The van der Waals surface area contributed by atoms with Crippen molar-refractivity contribution >= 4 is 59.7 Å². The first-order valence-electron chi connectivity index (χ1n) is 5.88. The quantitative estimate of drug-likeness (QED) is 0.396. The maximum absolute atomic E-state index is 10.9. The van der Waals surface area contributed by atoms with Crippen LogP contribution in [0.2, 0.25) is 0 Å². The molecule has 0 saturated heterocycles. The molecule has 0 spiro atoms. The van der Waals surface area contributed by atoms with Gasteiger partial charge in [-0.25, -0.2) is 0 Å². The Bertz CT molecular complexity index is 822. The molecular formula is C16H10Br2O. The summed E-state index contributed by atoms with van der Waals surface area (Å²) in [5, 5.41) is 4.48. The Morgan fingerprint density at radius 1 is 0.842 bits per heavy atom. The summed E-state index contributed by atoms with van der Waals surface area (Å²) in [5.41, 5.74) is 1.91. The van der Waals surface area contributed by atoms with Crippen molar-refractivity contribution in [1.29, 1.82) is 0 Å². The Morgan fingerprint density at radius 2 is 1.42 bits per heavy atom. The fraction of sp³-hybridized carbons (Fsp3) is 0.0625. The van der Waals surface area contributed by atoms with Gasteiger partial charge in [0.05, 0.1) is 0 Å². The number of hydrogen-bond acceptors (Lipinski definition) is 1. The summed E-state index contributed by atoms with van der Waals surface area (Å²) in [6, 6.07) is 12.1. The Morgan fingerprint density at radius 3 is 2.05 bits per heavy atom. The van der Waals surface area contributed by atoms with Crippen LogP contribution in [-0.4, -0.2) is 6.29 Å². The maximum Gasteiger partial charge on any atom is 0.150 e. The van der Waals surface area contributed by atoms with Gasteiger partial charge in [-0.05, 0) is 66.4 Å². The lowest BCUT2D eigenvalue weighted by molar-refractivity contribution is 0.112. The van der Waals surface area contributed by atoms with Crippen molar-refractivity contribution in [1.82, 2.24) is 0 Å². The molecule has 94 valence electrons. The predicted molar refractivity (Wildman–Crippen MR) is 87.0 cm³/mol. The van der Waals surface area contributed by atoms with Gasteiger partial charge in [0.2, 0.25) is 0 Å². The number of carbonyl (C=O) groups excluding carboxylic acids is 1. The molecule has 0 bridgehead atoms. The number of aldehydes is 1. The molecule has 0 saturated carbocycles. The number of rotatable bonds is 1. The number of benzene rings is 3. The van der Waals surface area contributed by atoms with Crippen molar-refractivity contribution in [3.63, 3.8) is 0 Å². The van der Waals surface area contributed by atoms with Gasteiger partial charge in [0.15, 0.2) is 0 Å². The fourth-order valence-electron chi connectivity index (χ4n) is 2.33. The van der Waals surface area contributed by atoms with Gasteiger partial charge < -0.3 is 0 Å². The standard InChI is InChI=1S/C16H10Br2O/c1-9-2-4-11-13(6-9)15(17)12-5-3-10(8-19)7-14(12)16(11)18/h2-8H,1H3. The van der Waals surface area contributed by atoms with Crippen molar-refractivity contribution in [3.8, 4) is 0 Å². The first kappa shape index (κ1) is 12.8. The third-order valence-corrected chi connectivity index (χ3v) is 5.01. The molecule has 0 fully saturated rings. The maximum atomic E-state index is 10.9. The zero-order valence-electron chi connectivity index (χ0n) is 10.2. The molecule has 0 N–H and O–H groups in total. The van der Waals surface area contributed by atoms with Gasteiger partial charge in [-0.1, -0.05) is 35.9 Å². The van der Waals surface area contributed by atoms with E-state index in [9.17, 15) is 4.79 Å². The van der Waals surface area contributed by atoms with Crippen LogP contribution in [0, 0.1) is 6.92 Å². The summed E-state index contributed by atoms with van der Waals surface area (Å²) in [5.74, 6) is 0. The van der Waals surface area contributed by atoms with Crippen LogP contribution < -0.4 is 0 Å². The van der Waals surface area contributed by atoms with Crippen molar-refractivity contribution in [2.45, 2.75) is 6.92 Å². The molecule has 0 atom stereocenters. The predicted octanol–water partition coefficient (Wildman–Crippen LogP) is 5.64. The Balaban J connectivity index is 2.56. The van der Waals surface area contributed by atoms with Crippen LogP contribution in [0.1, 0.15) is 15.9 Å². The second-order valence-electron chi connectivity index (χ2n) is 4.60. The lowest BCUT2D eigenvalue weighted by Crippen LogP contribution is -1.86. The van der Waals surface area contributed by atoms with Gasteiger partial charge in [0.1, 0.15) is 6.29 Å². The molecule has 0 amide bonds. The third-order valence-electron chi connectivity index (χ3n) is 3.30. The molecule has 0 radical (unpaired) electrons. The Labute approximate surface area is 127 Å². The lowest BCUT2D eigenvalue weighted by Gasteiger charge is -2.11. The minimum Gasteiger partial charge on any atom is -0.298 e. The van der Waals surface area contributed by atoms with Gasteiger partial charge in [-0.3, -0.25) is 4.79 Å². The average Bonchev–Trinajstić information content (AvgIpc) is 2.44. The van der Waals surface area contributed by atoms with Gasteiger partial charge in [-0.15, -0.1) is 0 Å². The molecule has 3 aromatic carbocycles. The van der Waals surface area contributed by atoms with Crippen molar-refractivity contribution < 1.29 is 4.79 Å². The number of fused-ring (bicyclic) bond motifs is 2. The van der Waals surface area contributed by atoms with Crippen LogP contribution in [0.15, 0.2) is 45.3 Å². The number of carbonyl (C=O) groups is 1. The van der Waals surface area contributed by atoms with Crippen LogP contribution in [-0.2, 0) is 0 Å². The van der Waals surface area contributed by atoms with Crippen LogP contribution in [0.25, 0.3) is 21.5 Å². The highest BCUT2D eigenvalue weighted by Gasteiger charge is 2.11. The zero-order valence-corrected chi connectivity index (χ0v) is 13.4. The summed E-state index contributed by atoms with van der Waals surface area (Å²) < 4.78 is 2.10. The molecular weight excluding hydrogens is 368 g/mol. The Kier molecular flexibility index (Phi) is 3.19. The van der Waals surface area contributed by atoms with E-state index in [4.69, 9.17) is 0 Å². The number of hydrogen-bond donors (Lipinski definition) is 0. The van der Waals surface area contributed by atoms with E-state index in [1.165, 1.54) is 10.9 Å². The molecule has 0 aromatic heterocycles. The molecule has 3 rings (SSSR count). The second-order valence-corrected chi connectivity index (χ2v) is 6.19. The van der Waals surface area contributed by atoms with Crippen molar-refractivity contribution in [2.75, 3.05) is 0 Å². The topological polar surface area (TPSA) is 17.1 Å². The van der Waals surface area contributed by atoms with E-state index in [1.54, 1.807) is 0 Å².